The number of hydrogen-bond acceptors (Lipinski definition) is 5. The normalized spacial score (nSPS) is 17.6. The first-order chi connectivity index (χ1) is 15.6. The number of nitrogens with one attached hydrogen (secondary N) is 1. The molecule has 180 valence electrons. The number of likely N-dealkylation sites (tertiary alicyclic amines) is 1. The van der Waals surface area contributed by atoms with Crippen molar-refractivity contribution in [2.24, 2.45) is 18.0 Å². The average Bonchev–Trinajstić information content (AvgIpc) is 3.17. The third kappa shape index (κ3) is 6.66. The fraction of sp³-hybridized carbons (Fsp3) is 0.565. The van der Waals surface area contributed by atoms with Crippen molar-refractivity contribution in [3.05, 3.63) is 47.5 Å². The predicted octanol–water partition coefficient (Wildman–Crippen LogP) is 1.96. The Morgan fingerprint density at radius 2 is 1.79 bits per heavy atom. The van der Waals surface area contributed by atoms with Crippen molar-refractivity contribution in [1.82, 2.24) is 29.9 Å². The number of morpholine rings is 1. The van der Waals surface area contributed by atoms with Crippen LogP contribution in [0.1, 0.15) is 30.1 Å². The molecule has 9 nitrogen and oxygen atoms in total. The molecule has 4 rings (SSSR count). The van der Waals surface area contributed by atoms with Crippen LogP contribution in [0.4, 0.5) is 0 Å². The van der Waals surface area contributed by atoms with Gasteiger partial charge in [-0.05, 0) is 25.3 Å². The molecule has 0 unspecified atom stereocenters. The number of ether oxygens (including phenoxy) is 1. The van der Waals surface area contributed by atoms with E-state index in [4.69, 9.17) is 9.73 Å². The summed E-state index contributed by atoms with van der Waals surface area (Å²) in [6.07, 6.45) is 1.68. The van der Waals surface area contributed by atoms with Gasteiger partial charge < -0.3 is 24.4 Å². The van der Waals surface area contributed by atoms with Crippen molar-refractivity contribution in [2.45, 2.75) is 32.9 Å². The number of aliphatic imine (C=N–C) groups is 1. The van der Waals surface area contributed by atoms with Crippen LogP contribution in [0.5, 0.6) is 0 Å². The molecule has 1 aromatic carbocycles. The van der Waals surface area contributed by atoms with Gasteiger partial charge in [0.1, 0.15) is 5.82 Å². The number of halogens is 1. The van der Waals surface area contributed by atoms with Crippen LogP contribution in [0.2, 0.25) is 0 Å². The molecule has 2 saturated heterocycles. The van der Waals surface area contributed by atoms with Crippen LogP contribution < -0.4 is 5.32 Å². The number of aromatic nitrogens is 3. The molecule has 0 atom stereocenters. The van der Waals surface area contributed by atoms with Crippen molar-refractivity contribution in [2.75, 3.05) is 39.4 Å². The molecular weight excluding hydrogens is 533 g/mol. The maximum atomic E-state index is 12.9. The molecule has 1 amide bonds. The standard InChI is InChI=1S/C23H33N7O2.HI/c1-18-26-27-21(28(18)2)17-25-23(24-16-19-6-4-3-5-7-19)30-10-8-20(9-11-30)22(31)29-12-14-32-15-13-29;/h3-7,20H,8-17H2,1-2H3,(H,24,25);1H. The summed E-state index contributed by atoms with van der Waals surface area (Å²) in [5.74, 6) is 2.96. The number of nitrogens with zero attached hydrogens (tertiary/aromatic N) is 6. The highest BCUT2D eigenvalue weighted by Crippen LogP contribution is 2.21. The van der Waals surface area contributed by atoms with E-state index in [-0.39, 0.29) is 35.8 Å². The van der Waals surface area contributed by atoms with E-state index in [2.05, 4.69) is 32.5 Å². The molecule has 2 aliphatic heterocycles. The van der Waals surface area contributed by atoms with Crippen LogP contribution in [-0.2, 0) is 29.7 Å². The predicted molar refractivity (Wildman–Crippen MR) is 137 cm³/mol. The molecule has 1 aromatic heterocycles. The summed E-state index contributed by atoms with van der Waals surface area (Å²) in [5.41, 5.74) is 1.17. The molecule has 0 radical (unpaired) electrons. The van der Waals surface area contributed by atoms with E-state index in [1.54, 1.807) is 0 Å². The molecule has 0 aliphatic carbocycles. The van der Waals surface area contributed by atoms with Crippen molar-refractivity contribution < 1.29 is 9.53 Å². The SMILES string of the molecule is Cc1nnc(CNC(=NCc2ccccc2)N2CCC(C(=O)N3CCOCC3)CC2)n1C.I. The van der Waals surface area contributed by atoms with Crippen LogP contribution in [0.15, 0.2) is 35.3 Å². The minimum Gasteiger partial charge on any atom is -0.378 e. The van der Waals surface area contributed by atoms with Gasteiger partial charge in [-0.2, -0.15) is 0 Å². The molecule has 0 bridgehead atoms. The van der Waals surface area contributed by atoms with E-state index < -0.39 is 0 Å². The lowest BCUT2D eigenvalue weighted by Crippen LogP contribution is -2.50. The summed E-state index contributed by atoms with van der Waals surface area (Å²) < 4.78 is 7.37. The van der Waals surface area contributed by atoms with Gasteiger partial charge in [-0.25, -0.2) is 4.99 Å². The molecule has 0 saturated carbocycles. The quantitative estimate of drug-likeness (QED) is 0.338. The van der Waals surface area contributed by atoms with Gasteiger partial charge in [-0.3, -0.25) is 4.79 Å². The van der Waals surface area contributed by atoms with Crippen LogP contribution in [0.3, 0.4) is 0 Å². The Balaban J connectivity index is 0.00000306. The Morgan fingerprint density at radius 1 is 1.09 bits per heavy atom. The minimum atomic E-state index is 0. The van der Waals surface area contributed by atoms with Gasteiger partial charge in [0, 0.05) is 39.1 Å². The van der Waals surface area contributed by atoms with E-state index >= 15 is 0 Å². The summed E-state index contributed by atoms with van der Waals surface area (Å²) in [5, 5.41) is 11.9. The number of carbonyl (C=O) groups excluding carboxylic acids is 1. The fourth-order valence-electron chi connectivity index (χ4n) is 4.16. The zero-order valence-corrected chi connectivity index (χ0v) is 21.8. The molecule has 2 aliphatic rings. The Labute approximate surface area is 212 Å². The lowest BCUT2D eigenvalue weighted by molar-refractivity contribution is -0.140. The number of aryl methyl sites for hydroxylation is 1. The molecule has 10 heteroatoms. The van der Waals surface area contributed by atoms with Crippen molar-refractivity contribution in [3.8, 4) is 0 Å². The van der Waals surface area contributed by atoms with Crippen LogP contribution in [0.25, 0.3) is 0 Å². The van der Waals surface area contributed by atoms with Gasteiger partial charge in [0.25, 0.3) is 0 Å². The van der Waals surface area contributed by atoms with Gasteiger partial charge >= 0.3 is 0 Å². The molecule has 1 N–H and O–H groups in total. The summed E-state index contributed by atoms with van der Waals surface area (Å²) in [6.45, 7) is 7.42. The van der Waals surface area contributed by atoms with E-state index in [0.29, 0.717) is 39.4 Å². The molecule has 33 heavy (non-hydrogen) atoms. The van der Waals surface area contributed by atoms with Crippen molar-refractivity contribution in [1.29, 1.82) is 0 Å². The fourth-order valence-corrected chi connectivity index (χ4v) is 4.16. The lowest BCUT2D eigenvalue weighted by atomic mass is 9.95. The first kappa shape index (κ1) is 25.4. The lowest BCUT2D eigenvalue weighted by Gasteiger charge is -2.36. The van der Waals surface area contributed by atoms with E-state index in [1.807, 2.05) is 41.6 Å². The Morgan fingerprint density at radius 3 is 2.42 bits per heavy atom. The maximum Gasteiger partial charge on any atom is 0.225 e. The highest BCUT2D eigenvalue weighted by atomic mass is 127. The minimum absolute atomic E-state index is 0. The molecule has 3 heterocycles. The van der Waals surface area contributed by atoms with Gasteiger partial charge in [0.15, 0.2) is 11.8 Å². The number of piperidine rings is 1. The number of guanidine groups is 1. The second-order valence-corrected chi connectivity index (χ2v) is 8.40. The Bertz CT molecular complexity index is 920. The maximum absolute atomic E-state index is 12.9. The highest BCUT2D eigenvalue weighted by Gasteiger charge is 2.30. The molecule has 2 aromatic rings. The van der Waals surface area contributed by atoms with Gasteiger partial charge in [0.2, 0.25) is 5.91 Å². The molecular formula is C23H34IN7O2. The van der Waals surface area contributed by atoms with Gasteiger partial charge in [-0.15, -0.1) is 34.2 Å². The second kappa shape index (κ2) is 12.3. The van der Waals surface area contributed by atoms with Crippen molar-refractivity contribution in [3.63, 3.8) is 0 Å². The number of rotatable bonds is 5. The zero-order chi connectivity index (χ0) is 22.3. The summed E-state index contributed by atoms with van der Waals surface area (Å²) in [7, 11) is 1.97. The Hall–Kier alpha value is -2.21. The first-order valence-electron chi connectivity index (χ1n) is 11.4. The Kier molecular flexibility index (Phi) is 9.48. The van der Waals surface area contributed by atoms with Crippen LogP contribution in [0, 0.1) is 12.8 Å². The van der Waals surface area contributed by atoms with Gasteiger partial charge in [-0.1, -0.05) is 30.3 Å². The average molecular weight is 567 g/mol. The van der Waals surface area contributed by atoms with Crippen molar-refractivity contribution >= 4 is 35.8 Å². The molecule has 0 spiro atoms. The summed E-state index contributed by atoms with van der Waals surface area (Å²) >= 11 is 0. The third-order valence-corrected chi connectivity index (χ3v) is 6.31. The number of benzene rings is 1. The number of hydrogen-bond donors (Lipinski definition) is 1. The number of amides is 1. The third-order valence-electron chi connectivity index (χ3n) is 6.31. The topological polar surface area (TPSA) is 87.9 Å². The van der Waals surface area contributed by atoms with E-state index in [1.165, 1.54) is 5.56 Å². The summed E-state index contributed by atoms with van der Waals surface area (Å²) in [4.78, 5) is 22.0. The largest absolute Gasteiger partial charge is 0.378 e. The molecule has 2 fully saturated rings. The van der Waals surface area contributed by atoms with Gasteiger partial charge in [0.05, 0.1) is 26.3 Å². The zero-order valence-electron chi connectivity index (χ0n) is 19.4. The number of carbonyl (C=O) groups is 1. The van der Waals surface area contributed by atoms with E-state index in [9.17, 15) is 4.79 Å². The second-order valence-electron chi connectivity index (χ2n) is 8.40. The first-order valence-corrected chi connectivity index (χ1v) is 11.4. The highest BCUT2D eigenvalue weighted by molar-refractivity contribution is 14.0. The van der Waals surface area contributed by atoms with Crippen LogP contribution >= 0.6 is 24.0 Å². The van der Waals surface area contributed by atoms with Crippen LogP contribution in [-0.4, -0.2) is 75.8 Å². The monoisotopic (exact) mass is 567 g/mol. The summed E-state index contributed by atoms with van der Waals surface area (Å²) in [6, 6.07) is 10.2. The van der Waals surface area contributed by atoms with E-state index in [0.717, 1.165) is 43.5 Å². The smallest absolute Gasteiger partial charge is 0.225 e.